The molecule has 2 aliphatic rings. The molecule has 2 atom stereocenters. The van der Waals surface area contributed by atoms with Crippen LogP contribution in [0.2, 0.25) is 0 Å². The van der Waals surface area contributed by atoms with Gasteiger partial charge in [-0.25, -0.2) is 9.78 Å². The van der Waals surface area contributed by atoms with Crippen LogP contribution in [0, 0.1) is 11.3 Å². The Labute approximate surface area is 223 Å². The van der Waals surface area contributed by atoms with Gasteiger partial charge in [-0.05, 0) is 75.3 Å². The molecule has 1 aromatic heterocycles. The molecule has 3 aromatic rings. The fourth-order valence-electron chi connectivity index (χ4n) is 5.20. The Balaban J connectivity index is 1.30. The van der Waals surface area contributed by atoms with E-state index in [-0.39, 0.29) is 18.1 Å². The lowest BCUT2D eigenvalue weighted by Crippen LogP contribution is -2.41. The van der Waals surface area contributed by atoms with Crippen molar-refractivity contribution in [1.82, 2.24) is 14.8 Å². The van der Waals surface area contributed by atoms with Gasteiger partial charge in [-0.15, -0.1) is 0 Å². The Morgan fingerprint density at radius 2 is 2.00 bits per heavy atom. The van der Waals surface area contributed by atoms with Gasteiger partial charge in [-0.1, -0.05) is 18.2 Å². The third-order valence-corrected chi connectivity index (χ3v) is 7.20. The van der Waals surface area contributed by atoms with Crippen LogP contribution in [0.1, 0.15) is 69.0 Å². The Hall–Kier alpha value is -4.06. The molecule has 1 saturated carbocycles. The number of anilines is 2. The van der Waals surface area contributed by atoms with Crippen LogP contribution in [-0.4, -0.2) is 39.6 Å². The summed E-state index contributed by atoms with van der Waals surface area (Å²) < 4.78 is 13.1. The summed E-state index contributed by atoms with van der Waals surface area (Å²) in [7, 11) is 0. The highest BCUT2D eigenvalue weighted by atomic mass is 16.6. The Morgan fingerprint density at radius 3 is 2.66 bits per heavy atom. The second-order valence-corrected chi connectivity index (χ2v) is 10.2. The summed E-state index contributed by atoms with van der Waals surface area (Å²) in [5, 5.41) is 17.1. The minimum atomic E-state index is -0.474. The first-order chi connectivity index (χ1) is 18.5. The lowest BCUT2D eigenvalue weighted by atomic mass is 9.87. The number of fused-ring (bicyclic) bond motifs is 1. The second-order valence-electron chi connectivity index (χ2n) is 10.2. The van der Waals surface area contributed by atoms with E-state index in [4.69, 9.17) is 9.47 Å². The molecule has 1 aliphatic carbocycles. The number of carbonyl (C=O) groups is 1. The highest BCUT2D eigenvalue weighted by molar-refractivity contribution is 5.84. The van der Waals surface area contributed by atoms with Gasteiger partial charge in [0.2, 0.25) is 0 Å². The minimum absolute atomic E-state index is 0.0881. The molecule has 2 heterocycles. The first-order valence-corrected chi connectivity index (χ1v) is 13.4. The van der Waals surface area contributed by atoms with E-state index in [0.29, 0.717) is 18.3 Å². The van der Waals surface area contributed by atoms with E-state index >= 15 is 0 Å². The SMILES string of the molecule is CC(C)OC(=O)Nc1ccc(C2C(C#N)c3ccc(OCCCCn4cncn4)cc3N2C2CCC2)cc1. The molecule has 5 rings (SSSR count). The van der Waals surface area contributed by atoms with Crippen molar-refractivity contribution < 1.29 is 14.3 Å². The van der Waals surface area contributed by atoms with Crippen LogP contribution < -0.4 is 15.0 Å². The van der Waals surface area contributed by atoms with Crippen molar-refractivity contribution in [2.45, 2.75) is 76.6 Å². The Bertz CT molecular complexity index is 1260. The standard InChI is InChI=1S/C29H34N6O3/c1-20(2)38-29(36)33-22-10-8-21(9-11-22)28-26(17-30)25-13-12-24(16-27(25)35(28)23-6-5-7-23)37-15-4-3-14-34-19-31-18-32-34/h8-13,16,18-20,23,26,28H,3-7,14-15H2,1-2H3,(H,33,36). The molecule has 2 unspecified atom stereocenters. The van der Waals surface area contributed by atoms with Crippen molar-refractivity contribution in [2.75, 3.05) is 16.8 Å². The van der Waals surface area contributed by atoms with Crippen LogP contribution >= 0.6 is 0 Å². The van der Waals surface area contributed by atoms with E-state index in [1.807, 2.05) is 48.9 Å². The monoisotopic (exact) mass is 514 g/mol. The van der Waals surface area contributed by atoms with Gasteiger partial charge in [0.05, 0.1) is 30.7 Å². The van der Waals surface area contributed by atoms with Crippen molar-refractivity contribution in [3.8, 4) is 11.8 Å². The number of hydrogen-bond donors (Lipinski definition) is 1. The van der Waals surface area contributed by atoms with Gasteiger partial charge >= 0.3 is 6.09 Å². The zero-order valence-electron chi connectivity index (χ0n) is 21.9. The number of unbranched alkanes of at least 4 members (excludes halogenated alkanes) is 1. The molecule has 9 nitrogen and oxygen atoms in total. The molecule has 0 radical (unpaired) electrons. The molecular formula is C29H34N6O3. The van der Waals surface area contributed by atoms with Crippen LogP contribution in [0.25, 0.3) is 0 Å². The molecule has 9 heteroatoms. The number of rotatable bonds is 10. The van der Waals surface area contributed by atoms with Gasteiger partial charge in [-0.3, -0.25) is 10.00 Å². The summed E-state index contributed by atoms with van der Waals surface area (Å²) in [5.74, 6) is 0.543. The Kier molecular flexibility index (Phi) is 7.78. The molecule has 1 amide bonds. The van der Waals surface area contributed by atoms with Gasteiger partial charge in [0.1, 0.15) is 18.4 Å². The maximum absolute atomic E-state index is 12.0. The number of aromatic nitrogens is 3. The number of carbonyl (C=O) groups excluding carboxylic acids is 1. The highest BCUT2D eigenvalue weighted by Gasteiger charge is 2.44. The predicted octanol–water partition coefficient (Wildman–Crippen LogP) is 5.82. The summed E-state index contributed by atoms with van der Waals surface area (Å²) in [6.07, 6.45) is 7.91. The molecule has 38 heavy (non-hydrogen) atoms. The average molecular weight is 515 g/mol. The molecule has 1 N–H and O–H groups in total. The van der Waals surface area contributed by atoms with E-state index in [9.17, 15) is 10.1 Å². The topological polar surface area (TPSA) is 105 Å². The van der Waals surface area contributed by atoms with E-state index in [2.05, 4.69) is 38.5 Å². The van der Waals surface area contributed by atoms with Crippen molar-refractivity contribution in [2.24, 2.45) is 0 Å². The van der Waals surface area contributed by atoms with Crippen molar-refractivity contribution in [3.05, 3.63) is 66.2 Å². The molecule has 0 bridgehead atoms. The molecule has 1 aliphatic heterocycles. The molecule has 2 aromatic carbocycles. The zero-order valence-corrected chi connectivity index (χ0v) is 21.9. The third kappa shape index (κ3) is 5.59. The summed E-state index contributed by atoms with van der Waals surface area (Å²) >= 11 is 0. The van der Waals surface area contributed by atoms with Gasteiger partial charge in [0, 0.05) is 30.0 Å². The normalized spacial score (nSPS) is 18.5. The quantitative estimate of drug-likeness (QED) is 0.340. The van der Waals surface area contributed by atoms with Crippen LogP contribution in [0.3, 0.4) is 0 Å². The lowest BCUT2D eigenvalue weighted by Gasteiger charge is -2.41. The number of nitrogens with one attached hydrogen (secondary N) is 1. The molecule has 1 fully saturated rings. The highest BCUT2D eigenvalue weighted by Crippen LogP contribution is 2.53. The number of benzene rings is 2. The first kappa shape index (κ1) is 25.6. The third-order valence-electron chi connectivity index (χ3n) is 7.20. The van der Waals surface area contributed by atoms with Gasteiger partial charge in [-0.2, -0.15) is 10.4 Å². The fraction of sp³-hybridized carbons (Fsp3) is 0.448. The second kappa shape index (κ2) is 11.5. The number of nitriles is 1. The van der Waals surface area contributed by atoms with Gasteiger partial charge in [0.15, 0.2) is 0 Å². The fourth-order valence-corrected chi connectivity index (χ4v) is 5.20. The largest absolute Gasteiger partial charge is 0.494 e. The van der Waals surface area contributed by atoms with E-state index in [0.717, 1.165) is 54.8 Å². The van der Waals surface area contributed by atoms with E-state index in [1.54, 1.807) is 12.7 Å². The molecular weight excluding hydrogens is 480 g/mol. The summed E-state index contributed by atoms with van der Waals surface area (Å²) in [6, 6.07) is 16.8. The summed E-state index contributed by atoms with van der Waals surface area (Å²) in [5.41, 5.74) is 3.86. The van der Waals surface area contributed by atoms with Crippen molar-refractivity contribution in [1.29, 1.82) is 5.26 Å². The average Bonchev–Trinajstić information content (AvgIpc) is 3.49. The predicted molar refractivity (Wildman–Crippen MR) is 144 cm³/mol. The van der Waals surface area contributed by atoms with Gasteiger partial charge < -0.3 is 14.4 Å². The molecule has 198 valence electrons. The summed E-state index contributed by atoms with van der Waals surface area (Å²) in [4.78, 5) is 18.4. The van der Waals surface area contributed by atoms with Crippen LogP contribution in [0.4, 0.5) is 16.2 Å². The first-order valence-electron chi connectivity index (χ1n) is 13.4. The maximum Gasteiger partial charge on any atom is 0.411 e. The Morgan fingerprint density at radius 1 is 1.18 bits per heavy atom. The number of hydrogen-bond acceptors (Lipinski definition) is 7. The van der Waals surface area contributed by atoms with E-state index < -0.39 is 6.09 Å². The van der Waals surface area contributed by atoms with Crippen LogP contribution in [0.15, 0.2) is 55.1 Å². The molecule has 0 saturated heterocycles. The van der Waals surface area contributed by atoms with Crippen LogP contribution in [-0.2, 0) is 11.3 Å². The van der Waals surface area contributed by atoms with E-state index in [1.165, 1.54) is 6.42 Å². The minimum Gasteiger partial charge on any atom is -0.494 e. The molecule has 0 spiro atoms. The number of nitrogens with zero attached hydrogens (tertiary/aromatic N) is 5. The number of amides is 1. The number of aryl methyl sites for hydroxylation is 1. The van der Waals surface area contributed by atoms with Crippen LogP contribution in [0.5, 0.6) is 5.75 Å². The maximum atomic E-state index is 12.0. The van der Waals surface area contributed by atoms with Gasteiger partial charge in [0.25, 0.3) is 0 Å². The smallest absolute Gasteiger partial charge is 0.411 e. The summed E-state index contributed by atoms with van der Waals surface area (Å²) in [6.45, 7) is 5.07. The lowest BCUT2D eigenvalue weighted by molar-refractivity contribution is 0.130. The number of ether oxygens (including phenoxy) is 2. The van der Waals surface area contributed by atoms with Crippen molar-refractivity contribution >= 4 is 17.5 Å². The van der Waals surface area contributed by atoms with Crippen molar-refractivity contribution in [3.63, 3.8) is 0 Å². The zero-order chi connectivity index (χ0) is 26.5.